The minimum absolute atomic E-state index is 0.357. The van der Waals surface area contributed by atoms with E-state index in [1.54, 1.807) is 48.9 Å². The number of aromatic nitrogens is 5. The summed E-state index contributed by atoms with van der Waals surface area (Å²) in [5.41, 5.74) is 8.99. The summed E-state index contributed by atoms with van der Waals surface area (Å²) in [4.78, 5) is 29.0. The van der Waals surface area contributed by atoms with Gasteiger partial charge in [-0.25, -0.2) is 24.7 Å². The van der Waals surface area contributed by atoms with E-state index < -0.39 is 5.97 Å². The number of ether oxygens (including phenoxy) is 1. The molecule has 0 atom stereocenters. The van der Waals surface area contributed by atoms with Crippen molar-refractivity contribution >= 4 is 23.1 Å². The fourth-order valence-electron chi connectivity index (χ4n) is 2.71. The monoisotopic (exact) mass is 346 g/mol. The van der Waals surface area contributed by atoms with Gasteiger partial charge in [-0.2, -0.15) is 0 Å². The topological polar surface area (TPSA) is 109 Å². The van der Waals surface area contributed by atoms with Crippen LogP contribution in [0.4, 0.5) is 5.82 Å². The largest absolute Gasteiger partial charge is 0.465 e. The second kappa shape index (κ2) is 6.25. The number of benzene rings is 1. The number of esters is 1. The summed E-state index contributed by atoms with van der Waals surface area (Å²) in [5, 5.41) is 0. The van der Waals surface area contributed by atoms with Gasteiger partial charge in [0.1, 0.15) is 5.82 Å². The SMILES string of the molecule is COC(=O)c1ccc(-n2c(-c3cccnc3N)nc3nccnc32)cc1. The van der Waals surface area contributed by atoms with Crippen molar-refractivity contribution in [2.75, 3.05) is 12.8 Å². The molecule has 0 unspecified atom stereocenters. The average molecular weight is 346 g/mol. The Morgan fingerprint density at radius 3 is 2.54 bits per heavy atom. The molecule has 0 bridgehead atoms. The molecular weight excluding hydrogens is 332 g/mol. The van der Waals surface area contributed by atoms with E-state index in [0.717, 1.165) is 5.69 Å². The average Bonchev–Trinajstić information content (AvgIpc) is 3.07. The highest BCUT2D eigenvalue weighted by atomic mass is 16.5. The first-order chi connectivity index (χ1) is 12.7. The van der Waals surface area contributed by atoms with Gasteiger partial charge in [0, 0.05) is 24.3 Å². The van der Waals surface area contributed by atoms with Crippen LogP contribution in [0.5, 0.6) is 0 Å². The van der Waals surface area contributed by atoms with Gasteiger partial charge in [-0.15, -0.1) is 0 Å². The van der Waals surface area contributed by atoms with Gasteiger partial charge >= 0.3 is 5.97 Å². The number of nitrogen functional groups attached to an aromatic ring is 1. The molecule has 8 nitrogen and oxygen atoms in total. The zero-order valence-electron chi connectivity index (χ0n) is 13.8. The van der Waals surface area contributed by atoms with E-state index in [-0.39, 0.29) is 0 Å². The van der Waals surface area contributed by atoms with Crippen LogP contribution >= 0.6 is 0 Å². The van der Waals surface area contributed by atoms with Crippen molar-refractivity contribution < 1.29 is 9.53 Å². The Labute approximate surface area is 148 Å². The van der Waals surface area contributed by atoms with Crippen LogP contribution in [0.15, 0.2) is 55.0 Å². The molecule has 0 amide bonds. The molecule has 0 spiro atoms. The number of carbonyl (C=O) groups is 1. The molecule has 26 heavy (non-hydrogen) atoms. The zero-order chi connectivity index (χ0) is 18.1. The van der Waals surface area contributed by atoms with Crippen molar-refractivity contribution in [1.82, 2.24) is 24.5 Å². The molecule has 0 aliphatic heterocycles. The third-order valence-corrected chi connectivity index (χ3v) is 3.92. The van der Waals surface area contributed by atoms with Gasteiger partial charge < -0.3 is 10.5 Å². The molecule has 0 radical (unpaired) electrons. The number of pyridine rings is 1. The zero-order valence-corrected chi connectivity index (χ0v) is 13.8. The summed E-state index contributed by atoms with van der Waals surface area (Å²) >= 11 is 0. The molecule has 4 aromatic rings. The maximum Gasteiger partial charge on any atom is 0.337 e. The second-order valence-corrected chi connectivity index (χ2v) is 5.45. The van der Waals surface area contributed by atoms with Gasteiger partial charge in [-0.1, -0.05) is 0 Å². The Balaban J connectivity index is 1.95. The molecule has 0 saturated heterocycles. The maximum absolute atomic E-state index is 11.7. The third kappa shape index (κ3) is 2.53. The lowest BCUT2D eigenvalue weighted by Crippen LogP contribution is -2.04. The van der Waals surface area contributed by atoms with Gasteiger partial charge in [-0.3, -0.25) is 4.57 Å². The number of rotatable bonds is 3. The number of hydrogen-bond donors (Lipinski definition) is 1. The smallest absolute Gasteiger partial charge is 0.337 e. The van der Waals surface area contributed by atoms with Crippen molar-refractivity contribution in [3.05, 3.63) is 60.6 Å². The van der Waals surface area contributed by atoms with E-state index in [0.29, 0.717) is 34.1 Å². The summed E-state index contributed by atoms with van der Waals surface area (Å²) < 4.78 is 6.57. The molecule has 0 saturated carbocycles. The van der Waals surface area contributed by atoms with Crippen LogP contribution < -0.4 is 5.73 Å². The van der Waals surface area contributed by atoms with Gasteiger partial charge in [0.25, 0.3) is 0 Å². The minimum atomic E-state index is -0.399. The predicted molar refractivity (Wildman–Crippen MR) is 95.6 cm³/mol. The Morgan fingerprint density at radius 2 is 1.81 bits per heavy atom. The van der Waals surface area contributed by atoms with Gasteiger partial charge in [-0.05, 0) is 36.4 Å². The van der Waals surface area contributed by atoms with Crippen LogP contribution in [0.3, 0.4) is 0 Å². The number of imidazole rings is 1. The van der Waals surface area contributed by atoms with E-state index in [4.69, 9.17) is 10.5 Å². The molecular formula is C18H14N6O2. The van der Waals surface area contributed by atoms with E-state index in [1.807, 2.05) is 10.6 Å². The maximum atomic E-state index is 11.7. The van der Waals surface area contributed by atoms with Crippen molar-refractivity contribution in [2.24, 2.45) is 0 Å². The van der Waals surface area contributed by atoms with Crippen LogP contribution in [0.25, 0.3) is 28.4 Å². The number of methoxy groups -OCH3 is 1. The first-order valence-electron chi connectivity index (χ1n) is 7.78. The molecule has 1 aromatic carbocycles. The lowest BCUT2D eigenvalue weighted by atomic mass is 10.2. The van der Waals surface area contributed by atoms with Crippen LogP contribution in [0, 0.1) is 0 Å². The normalized spacial score (nSPS) is 10.8. The highest BCUT2D eigenvalue weighted by molar-refractivity contribution is 5.89. The quantitative estimate of drug-likeness (QED) is 0.567. The first-order valence-corrected chi connectivity index (χ1v) is 7.78. The molecule has 2 N–H and O–H groups in total. The van der Waals surface area contributed by atoms with E-state index in [1.165, 1.54) is 7.11 Å². The van der Waals surface area contributed by atoms with Crippen LogP contribution in [-0.4, -0.2) is 37.6 Å². The predicted octanol–water partition coefficient (Wildman–Crippen LogP) is 2.25. The molecule has 0 aliphatic carbocycles. The van der Waals surface area contributed by atoms with Gasteiger partial charge in [0.2, 0.25) is 0 Å². The van der Waals surface area contributed by atoms with E-state index in [9.17, 15) is 4.79 Å². The molecule has 4 rings (SSSR count). The van der Waals surface area contributed by atoms with Crippen LogP contribution in [0.2, 0.25) is 0 Å². The summed E-state index contributed by atoms with van der Waals surface area (Å²) in [6.07, 6.45) is 4.80. The number of hydrogen-bond acceptors (Lipinski definition) is 7. The summed E-state index contributed by atoms with van der Waals surface area (Å²) in [6.45, 7) is 0. The molecule has 3 aromatic heterocycles. The fraction of sp³-hybridized carbons (Fsp3) is 0.0556. The third-order valence-electron chi connectivity index (χ3n) is 3.92. The number of nitrogens with zero attached hydrogens (tertiary/aromatic N) is 5. The summed E-state index contributed by atoms with van der Waals surface area (Å²) in [6, 6.07) is 10.6. The fourth-order valence-corrected chi connectivity index (χ4v) is 2.71. The molecule has 8 heteroatoms. The van der Waals surface area contributed by atoms with Crippen molar-refractivity contribution in [1.29, 1.82) is 0 Å². The molecule has 128 valence electrons. The standard InChI is InChI=1S/C18H14N6O2/c1-26-18(25)11-4-6-12(7-5-11)24-16(13-3-2-8-20-14(13)19)23-15-17(24)22-10-9-21-15/h2-10H,1H3,(H2,19,20). The first kappa shape index (κ1) is 15.7. The molecule has 3 heterocycles. The van der Waals surface area contributed by atoms with Crippen LogP contribution in [0.1, 0.15) is 10.4 Å². The van der Waals surface area contributed by atoms with Crippen molar-refractivity contribution in [2.45, 2.75) is 0 Å². The Kier molecular flexibility index (Phi) is 3.77. The van der Waals surface area contributed by atoms with E-state index in [2.05, 4.69) is 19.9 Å². The summed E-state index contributed by atoms with van der Waals surface area (Å²) in [5.74, 6) is 0.529. The highest BCUT2D eigenvalue weighted by Gasteiger charge is 2.18. The molecule has 0 fully saturated rings. The molecule has 0 aliphatic rings. The van der Waals surface area contributed by atoms with Crippen LogP contribution in [-0.2, 0) is 4.74 Å². The Morgan fingerprint density at radius 1 is 1.04 bits per heavy atom. The van der Waals surface area contributed by atoms with Crippen molar-refractivity contribution in [3.63, 3.8) is 0 Å². The summed E-state index contributed by atoms with van der Waals surface area (Å²) in [7, 11) is 1.35. The van der Waals surface area contributed by atoms with Gasteiger partial charge in [0.05, 0.1) is 18.2 Å². The number of fused-ring (bicyclic) bond motifs is 1. The van der Waals surface area contributed by atoms with Gasteiger partial charge in [0.15, 0.2) is 17.1 Å². The second-order valence-electron chi connectivity index (χ2n) is 5.45. The lowest BCUT2D eigenvalue weighted by Gasteiger charge is -2.10. The Hall–Kier alpha value is -3.81. The van der Waals surface area contributed by atoms with E-state index >= 15 is 0 Å². The highest BCUT2D eigenvalue weighted by Crippen LogP contribution is 2.29. The lowest BCUT2D eigenvalue weighted by molar-refractivity contribution is 0.0601. The number of anilines is 1. The number of nitrogens with two attached hydrogens (primary N) is 1. The minimum Gasteiger partial charge on any atom is -0.465 e. The Bertz CT molecular complexity index is 1100. The number of carbonyl (C=O) groups excluding carboxylic acids is 1. The van der Waals surface area contributed by atoms with Crippen molar-refractivity contribution in [3.8, 4) is 17.1 Å².